The van der Waals surface area contributed by atoms with E-state index in [1.807, 2.05) is 0 Å². The Labute approximate surface area is 147 Å². The van der Waals surface area contributed by atoms with Gasteiger partial charge < -0.3 is 56.9 Å². The van der Waals surface area contributed by atoms with E-state index in [2.05, 4.69) is 0 Å². The normalized spacial score (nSPS) is 8.31. The van der Waals surface area contributed by atoms with Gasteiger partial charge in [0.2, 0.25) is 0 Å². The molecule has 0 fully saturated rings. The third-order valence-electron chi connectivity index (χ3n) is 0. The quantitative estimate of drug-likeness (QED) is 0.426. The number of rotatable bonds is 0. The van der Waals surface area contributed by atoms with Crippen molar-refractivity contribution in [1.82, 2.24) is 0 Å². The van der Waals surface area contributed by atoms with Crippen molar-refractivity contribution >= 4 is 40.6 Å². The van der Waals surface area contributed by atoms with Crippen LogP contribution in [0.25, 0.3) is 0 Å². The molecule has 0 saturated carbocycles. The number of hydrogen-bond donors (Lipinski definition) is 1. The van der Waals surface area contributed by atoms with Gasteiger partial charge in [-0.3, -0.25) is 28.2 Å². The second-order valence-electron chi connectivity index (χ2n) is 2.58. The third kappa shape index (κ3) is 46100. The molecule has 0 aliphatic rings. The zero-order chi connectivity index (χ0) is 17.1. The van der Waals surface area contributed by atoms with Crippen LogP contribution in [0.2, 0.25) is 0 Å². The minimum absolute atomic E-state index is 0. The van der Waals surface area contributed by atoms with Crippen LogP contribution in [-0.2, 0) is 0 Å². The van der Waals surface area contributed by atoms with E-state index in [1.54, 1.807) is 13.8 Å². The molecule has 1 nitrogen and oxygen atoms in total. The minimum atomic E-state index is -6.00. The van der Waals surface area contributed by atoms with Gasteiger partial charge in [-0.1, -0.05) is 0 Å². The molecule has 172 valence electrons. The van der Waals surface area contributed by atoms with Crippen LogP contribution in [0.3, 0.4) is 0 Å². The third-order valence-corrected chi connectivity index (χ3v) is 0. The molecule has 0 amide bonds. The number of hydrogen-bond acceptors (Lipinski definition) is 1. The molecule has 0 aliphatic heterocycles. The summed E-state index contributed by atoms with van der Waals surface area (Å²) in [4.78, 5) is 0. The standard InChI is InChI=1S/C3H8O.3BF4.6FH.Li.H/c1-3(2)4;3*2-1(3,4)5;;;;;;;;/h3-4H,1-2H3;;;;6*1H;;/q;3*-1;;;;;;;;. The van der Waals surface area contributed by atoms with Crippen molar-refractivity contribution in [3.05, 3.63) is 0 Å². The zero-order valence-corrected chi connectivity index (χ0v) is 11.7. The van der Waals surface area contributed by atoms with Gasteiger partial charge in [0, 0.05) is 6.10 Å². The molecule has 0 saturated heterocycles. The topological polar surface area (TPSA) is 20.2 Å². The van der Waals surface area contributed by atoms with Crippen LogP contribution in [0, 0.1) is 0 Å². The molecular formula is C3H15B3F18LiO-3. The van der Waals surface area contributed by atoms with E-state index in [4.69, 9.17) is 5.11 Å². The van der Waals surface area contributed by atoms with Crippen LogP contribution >= 0.6 is 0 Å². The first kappa shape index (κ1) is 72.8. The summed E-state index contributed by atoms with van der Waals surface area (Å²) >= 11 is 0. The second-order valence-corrected chi connectivity index (χ2v) is 2.58. The van der Waals surface area contributed by atoms with E-state index in [9.17, 15) is 51.8 Å². The van der Waals surface area contributed by atoms with Gasteiger partial charge in [-0.15, -0.1) is 0 Å². The molecule has 0 aromatic heterocycles. The first-order chi connectivity index (χ1) is 7.73. The average Bonchev–Trinajstić information content (AvgIpc) is 1.66. The first-order valence-electron chi connectivity index (χ1n) is 4.03. The van der Waals surface area contributed by atoms with Crippen molar-refractivity contribution in [3.63, 3.8) is 0 Å². The molecule has 0 spiro atoms. The van der Waals surface area contributed by atoms with Gasteiger partial charge in [0.15, 0.2) is 0 Å². The van der Waals surface area contributed by atoms with Gasteiger partial charge in [0.1, 0.15) is 0 Å². The number of aliphatic hydroxyl groups is 1. The Morgan fingerprint density at radius 1 is 0.462 bits per heavy atom. The van der Waals surface area contributed by atoms with Crippen LogP contribution < -0.4 is 0 Å². The molecule has 0 radical (unpaired) electrons. The number of aliphatic hydroxyl groups excluding tert-OH is 1. The Kier molecular flexibility index (Phi) is 90.1. The Balaban J connectivity index is -0.0000000118. The average molecular weight is 448 g/mol. The fourth-order valence-corrected chi connectivity index (χ4v) is 0. The Hall–Kier alpha value is -0.508. The van der Waals surface area contributed by atoms with Gasteiger partial charge in [-0.25, -0.2) is 0 Å². The van der Waals surface area contributed by atoms with E-state index >= 15 is 0 Å². The summed E-state index contributed by atoms with van der Waals surface area (Å²) in [6.07, 6.45) is -0.167. The molecular weight excluding hydrogens is 433 g/mol. The van der Waals surface area contributed by atoms with E-state index in [1.165, 1.54) is 0 Å². The van der Waals surface area contributed by atoms with Crippen LogP contribution in [0.5, 0.6) is 0 Å². The Morgan fingerprint density at radius 3 is 0.462 bits per heavy atom. The van der Waals surface area contributed by atoms with Gasteiger partial charge in [0.25, 0.3) is 0 Å². The molecule has 26 heavy (non-hydrogen) atoms. The van der Waals surface area contributed by atoms with Gasteiger partial charge in [0.05, 0.1) is 0 Å². The van der Waals surface area contributed by atoms with Crippen LogP contribution in [0.15, 0.2) is 0 Å². The molecule has 0 atom stereocenters. The van der Waals surface area contributed by atoms with Gasteiger partial charge >= 0.3 is 40.6 Å². The van der Waals surface area contributed by atoms with Crippen molar-refractivity contribution in [2.24, 2.45) is 0 Å². The maximum absolute atomic E-state index is 9.75. The monoisotopic (exact) mass is 449 g/mol. The maximum atomic E-state index is 9.75. The number of halogens is 18. The van der Waals surface area contributed by atoms with E-state index in [-0.39, 0.29) is 53.2 Å². The summed E-state index contributed by atoms with van der Waals surface area (Å²) in [5, 5.41) is 8.06. The Morgan fingerprint density at radius 2 is 0.462 bits per heavy atom. The molecule has 0 rings (SSSR count). The first-order valence-corrected chi connectivity index (χ1v) is 4.03. The molecule has 0 aromatic carbocycles. The summed E-state index contributed by atoms with van der Waals surface area (Å²) in [5.41, 5.74) is 0. The predicted octanol–water partition coefficient (Wildman–Crippen LogP) is 4.55. The predicted molar refractivity (Wildman–Crippen MR) is 70.1 cm³/mol. The summed E-state index contributed by atoms with van der Waals surface area (Å²) in [7, 11) is -18.0. The van der Waals surface area contributed by atoms with Crippen molar-refractivity contribution in [2.75, 3.05) is 0 Å². The summed E-state index contributed by atoms with van der Waals surface area (Å²) in [6, 6.07) is 0. The van der Waals surface area contributed by atoms with Crippen molar-refractivity contribution in [2.45, 2.75) is 20.0 Å². The Bertz CT molecular complexity index is 142. The fraction of sp³-hybridized carbons (Fsp3) is 1.00. The molecule has 0 bridgehead atoms. The zero-order valence-electron chi connectivity index (χ0n) is 11.7. The van der Waals surface area contributed by atoms with Crippen molar-refractivity contribution in [1.29, 1.82) is 0 Å². The summed E-state index contributed by atoms with van der Waals surface area (Å²) in [5.74, 6) is 0. The van der Waals surface area contributed by atoms with Crippen molar-refractivity contribution < 1.29 is 85.1 Å². The molecule has 0 unspecified atom stereocenters. The molecule has 0 aliphatic carbocycles. The van der Waals surface area contributed by atoms with Gasteiger partial charge in [-0.05, 0) is 13.8 Å². The second kappa shape index (κ2) is 32.2. The molecule has 0 heterocycles. The summed E-state index contributed by atoms with van der Waals surface area (Å²) in [6.45, 7) is 3.44. The molecule has 0 aromatic rings. The fourth-order valence-electron chi connectivity index (χ4n) is 0. The van der Waals surface area contributed by atoms with Crippen LogP contribution in [0.1, 0.15) is 13.8 Å². The van der Waals surface area contributed by atoms with Gasteiger partial charge in [-0.2, -0.15) is 0 Å². The molecule has 23 heteroatoms. The van der Waals surface area contributed by atoms with E-state index < -0.39 is 21.8 Å². The summed E-state index contributed by atoms with van der Waals surface area (Å²) < 4.78 is 117. The van der Waals surface area contributed by atoms with Crippen LogP contribution in [-0.4, -0.2) is 51.8 Å². The van der Waals surface area contributed by atoms with E-state index in [0.29, 0.717) is 0 Å². The van der Waals surface area contributed by atoms with Crippen LogP contribution in [0.4, 0.5) is 80.0 Å². The SMILES string of the molecule is CC(C)O.F.F.F.F.F.F.F[B-](F)(F)F.F[B-](F)(F)F.F[B-](F)(F)F.[LiH]. The van der Waals surface area contributed by atoms with Crippen molar-refractivity contribution in [3.8, 4) is 0 Å². The van der Waals surface area contributed by atoms with E-state index in [0.717, 1.165) is 0 Å². The molecule has 1 N–H and O–H groups in total.